The van der Waals surface area contributed by atoms with Gasteiger partial charge in [-0.05, 0) is 53.6 Å². The summed E-state index contributed by atoms with van der Waals surface area (Å²) >= 11 is 3.45. The largest absolute Gasteiger partial charge is 0.381 e. The van der Waals surface area contributed by atoms with Crippen LogP contribution in [0.5, 0.6) is 0 Å². The van der Waals surface area contributed by atoms with E-state index in [1.54, 1.807) is 0 Å². The first-order valence-electron chi connectivity index (χ1n) is 6.15. The third-order valence-corrected chi connectivity index (χ3v) is 3.93. The number of rotatable bonds is 3. The Bertz CT molecular complexity index is 332. The van der Waals surface area contributed by atoms with Crippen molar-refractivity contribution in [2.75, 3.05) is 5.32 Å². The maximum Gasteiger partial charge on any atom is 0.0540 e. The summed E-state index contributed by atoms with van der Waals surface area (Å²) in [6.45, 7) is 2.30. The van der Waals surface area contributed by atoms with Gasteiger partial charge in [0.05, 0.1) is 11.9 Å². The average Bonchev–Trinajstić information content (AvgIpc) is 2.30. The molecule has 3 heteroatoms. The van der Waals surface area contributed by atoms with Gasteiger partial charge >= 0.3 is 0 Å². The van der Waals surface area contributed by atoms with Crippen LogP contribution in [0.2, 0.25) is 0 Å². The quantitative estimate of drug-likeness (QED) is 0.898. The van der Waals surface area contributed by atoms with Gasteiger partial charge in [-0.2, -0.15) is 0 Å². The molecule has 1 aliphatic rings. The van der Waals surface area contributed by atoms with Crippen molar-refractivity contribution in [3.05, 3.63) is 22.9 Å². The Balaban J connectivity index is 1.87. The molecule has 0 saturated heterocycles. The molecular weight excluding hydrogens is 264 g/mol. The number of aromatic nitrogens is 1. The van der Waals surface area contributed by atoms with Gasteiger partial charge in [0.15, 0.2) is 0 Å². The number of hydrogen-bond donors (Lipinski definition) is 1. The van der Waals surface area contributed by atoms with E-state index in [0.29, 0.717) is 6.04 Å². The van der Waals surface area contributed by atoms with Crippen molar-refractivity contribution in [3.8, 4) is 0 Å². The fourth-order valence-electron chi connectivity index (χ4n) is 2.44. The van der Waals surface area contributed by atoms with Gasteiger partial charge in [0.2, 0.25) is 0 Å². The summed E-state index contributed by atoms with van der Waals surface area (Å²) in [6, 6.07) is 2.73. The molecular formula is C13H19BrN2. The Morgan fingerprint density at radius 3 is 2.69 bits per heavy atom. The Morgan fingerprint density at radius 1 is 1.31 bits per heavy atom. The fourth-order valence-corrected chi connectivity index (χ4v) is 2.81. The van der Waals surface area contributed by atoms with Crippen molar-refractivity contribution in [1.29, 1.82) is 0 Å². The van der Waals surface area contributed by atoms with E-state index in [-0.39, 0.29) is 0 Å². The van der Waals surface area contributed by atoms with Crippen LogP contribution in [0.4, 0.5) is 5.69 Å². The molecule has 1 N–H and O–H groups in total. The number of hydrogen-bond acceptors (Lipinski definition) is 2. The van der Waals surface area contributed by atoms with E-state index < -0.39 is 0 Å². The van der Waals surface area contributed by atoms with Crippen LogP contribution in [0.15, 0.2) is 22.9 Å². The van der Waals surface area contributed by atoms with E-state index in [1.807, 2.05) is 12.4 Å². The van der Waals surface area contributed by atoms with Crippen LogP contribution in [0.3, 0.4) is 0 Å². The highest BCUT2D eigenvalue weighted by atomic mass is 79.9. The van der Waals surface area contributed by atoms with Crippen LogP contribution < -0.4 is 5.32 Å². The molecule has 1 saturated carbocycles. The monoisotopic (exact) mass is 282 g/mol. The third-order valence-electron chi connectivity index (χ3n) is 3.50. The van der Waals surface area contributed by atoms with E-state index in [2.05, 4.69) is 39.2 Å². The number of nitrogens with one attached hydrogen (secondary N) is 1. The SMILES string of the molecule is CCC1CCC(Nc2cncc(Br)c2)CC1. The molecule has 88 valence electrons. The van der Waals surface area contributed by atoms with Crippen molar-refractivity contribution in [2.45, 2.75) is 45.1 Å². The minimum atomic E-state index is 0.638. The first-order valence-corrected chi connectivity index (χ1v) is 6.94. The van der Waals surface area contributed by atoms with E-state index in [1.165, 1.54) is 32.1 Å². The third kappa shape index (κ3) is 3.21. The molecule has 1 aromatic rings. The maximum absolute atomic E-state index is 4.17. The summed E-state index contributed by atoms with van der Waals surface area (Å²) in [5.41, 5.74) is 1.13. The van der Waals surface area contributed by atoms with E-state index in [4.69, 9.17) is 0 Å². The molecule has 1 heterocycles. The molecule has 1 fully saturated rings. The van der Waals surface area contributed by atoms with Gasteiger partial charge in [-0.25, -0.2) is 0 Å². The predicted molar refractivity (Wildman–Crippen MR) is 71.6 cm³/mol. The minimum absolute atomic E-state index is 0.638. The standard InChI is InChI=1S/C13H19BrN2/c1-2-10-3-5-12(6-4-10)16-13-7-11(14)8-15-9-13/h7-10,12,16H,2-6H2,1H3. The first-order chi connectivity index (χ1) is 7.78. The second-order valence-corrected chi connectivity index (χ2v) is 5.58. The zero-order valence-corrected chi connectivity index (χ0v) is 11.3. The molecule has 0 bridgehead atoms. The van der Waals surface area contributed by atoms with Crippen LogP contribution in [0, 0.1) is 5.92 Å². The fraction of sp³-hybridized carbons (Fsp3) is 0.615. The number of anilines is 1. The van der Waals surface area contributed by atoms with E-state index >= 15 is 0 Å². The number of halogens is 1. The summed E-state index contributed by atoms with van der Waals surface area (Å²) in [5.74, 6) is 0.957. The van der Waals surface area contributed by atoms with Crippen LogP contribution in [-0.2, 0) is 0 Å². The molecule has 0 amide bonds. The molecule has 1 aromatic heterocycles. The van der Waals surface area contributed by atoms with Crippen LogP contribution >= 0.6 is 15.9 Å². The second-order valence-electron chi connectivity index (χ2n) is 4.66. The van der Waals surface area contributed by atoms with Crippen LogP contribution in [-0.4, -0.2) is 11.0 Å². The molecule has 0 spiro atoms. The maximum atomic E-state index is 4.17. The molecule has 0 atom stereocenters. The first kappa shape index (κ1) is 11.9. The van der Waals surface area contributed by atoms with Gasteiger partial charge in [0.25, 0.3) is 0 Å². The topological polar surface area (TPSA) is 24.9 Å². The lowest BCUT2D eigenvalue weighted by molar-refractivity contribution is 0.330. The van der Waals surface area contributed by atoms with Crippen molar-refractivity contribution in [2.24, 2.45) is 5.92 Å². The van der Waals surface area contributed by atoms with Crippen molar-refractivity contribution in [3.63, 3.8) is 0 Å². The average molecular weight is 283 g/mol. The van der Waals surface area contributed by atoms with Gasteiger partial charge in [-0.1, -0.05) is 13.3 Å². The minimum Gasteiger partial charge on any atom is -0.381 e. The molecule has 1 aliphatic carbocycles. The van der Waals surface area contributed by atoms with Crippen LogP contribution in [0.1, 0.15) is 39.0 Å². The van der Waals surface area contributed by atoms with Crippen molar-refractivity contribution >= 4 is 21.6 Å². The van der Waals surface area contributed by atoms with Crippen molar-refractivity contribution < 1.29 is 0 Å². The summed E-state index contributed by atoms with van der Waals surface area (Å²) in [6.07, 6.45) is 10.4. The van der Waals surface area contributed by atoms with Gasteiger partial charge in [0.1, 0.15) is 0 Å². The summed E-state index contributed by atoms with van der Waals surface area (Å²) in [5, 5.41) is 3.57. The smallest absolute Gasteiger partial charge is 0.0540 e. The van der Waals surface area contributed by atoms with E-state index in [0.717, 1.165) is 16.1 Å². The van der Waals surface area contributed by atoms with Gasteiger partial charge in [0, 0.05) is 16.7 Å². The predicted octanol–water partition coefficient (Wildman–Crippen LogP) is 4.22. The molecule has 0 aliphatic heterocycles. The zero-order chi connectivity index (χ0) is 11.4. The molecule has 0 radical (unpaired) electrons. The number of pyridine rings is 1. The molecule has 2 nitrogen and oxygen atoms in total. The normalized spacial score (nSPS) is 25.4. The summed E-state index contributed by atoms with van der Waals surface area (Å²) < 4.78 is 1.04. The zero-order valence-electron chi connectivity index (χ0n) is 9.75. The van der Waals surface area contributed by atoms with Crippen molar-refractivity contribution in [1.82, 2.24) is 4.98 Å². The van der Waals surface area contributed by atoms with Gasteiger partial charge in [-0.15, -0.1) is 0 Å². The van der Waals surface area contributed by atoms with Crippen LogP contribution in [0.25, 0.3) is 0 Å². The molecule has 2 rings (SSSR count). The van der Waals surface area contributed by atoms with E-state index in [9.17, 15) is 0 Å². The summed E-state index contributed by atoms with van der Waals surface area (Å²) in [4.78, 5) is 4.17. The number of nitrogens with zero attached hydrogens (tertiary/aromatic N) is 1. The Kier molecular flexibility index (Phi) is 4.22. The Labute approximate surface area is 106 Å². The van der Waals surface area contributed by atoms with Gasteiger partial charge < -0.3 is 5.32 Å². The molecule has 0 unspecified atom stereocenters. The Hall–Kier alpha value is -0.570. The second kappa shape index (κ2) is 5.67. The highest BCUT2D eigenvalue weighted by molar-refractivity contribution is 9.10. The lowest BCUT2D eigenvalue weighted by atomic mass is 9.84. The molecule has 16 heavy (non-hydrogen) atoms. The lowest BCUT2D eigenvalue weighted by Crippen LogP contribution is -2.25. The Morgan fingerprint density at radius 2 is 2.06 bits per heavy atom. The summed E-state index contributed by atoms with van der Waals surface area (Å²) in [7, 11) is 0. The molecule has 0 aromatic carbocycles. The lowest BCUT2D eigenvalue weighted by Gasteiger charge is -2.29. The highest BCUT2D eigenvalue weighted by Crippen LogP contribution is 2.28. The highest BCUT2D eigenvalue weighted by Gasteiger charge is 2.19. The van der Waals surface area contributed by atoms with Gasteiger partial charge in [-0.3, -0.25) is 4.98 Å².